The highest BCUT2D eigenvalue weighted by Gasteiger charge is 2.41. The van der Waals surface area contributed by atoms with E-state index < -0.39 is 0 Å². The second-order valence-electron chi connectivity index (χ2n) is 7.01. The van der Waals surface area contributed by atoms with E-state index in [1.54, 1.807) is 11.3 Å². The molecule has 2 aliphatic carbocycles. The number of nitrogens with zero attached hydrogens (tertiary/aromatic N) is 1. The lowest BCUT2D eigenvalue weighted by molar-refractivity contribution is -0.154. The standard InChI is InChI=1S/C20H21NO3S/c22-18-14-7-4-8-15(18)10-16(9-14)20(23)24-11-17-12-25-19(21-17)13-5-2-1-3-6-13/h1-3,5-6,12,14-16H,4,7-11H2/t14-,15-/m1/s1. The zero-order chi connectivity index (χ0) is 17.2. The number of carbonyl (C=O) groups is 2. The van der Waals surface area contributed by atoms with E-state index in [-0.39, 0.29) is 30.3 Å². The number of hydrogen-bond donors (Lipinski definition) is 0. The van der Waals surface area contributed by atoms with Crippen LogP contribution in [0.4, 0.5) is 0 Å². The van der Waals surface area contributed by atoms with Gasteiger partial charge in [-0.15, -0.1) is 11.3 Å². The van der Waals surface area contributed by atoms with Crippen molar-refractivity contribution in [3.63, 3.8) is 0 Å². The Balaban J connectivity index is 1.35. The number of carbonyl (C=O) groups excluding carboxylic acids is 2. The summed E-state index contributed by atoms with van der Waals surface area (Å²) in [6.07, 6.45) is 4.32. The van der Waals surface area contributed by atoms with E-state index in [2.05, 4.69) is 4.98 Å². The molecule has 4 nitrogen and oxygen atoms in total. The van der Waals surface area contributed by atoms with Gasteiger partial charge in [0.25, 0.3) is 0 Å². The largest absolute Gasteiger partial charge is 0.459 e. The topological polar surface area (TPSA) is 56.3 Å². The number of aromatic nitrogens is 1. The van der Waals surface area contributed by atoms with E-state index >= 15 is 0 Å². The van der Waals surface area contributed by atoms with E-state index in [4.69, 9.17) is 4.74 Å². The van der Waals surface area contributed by atoms with E-state index in [1.165, 1.54) is 0 Å². The predicted molar refractivity (Wildman–Crippen MR) is 95.9 cm³/mol. The minimum atomic E-state index is -0.168. The highest BCUT2D eigenvalue weighted by atomic mass is 32.1. The van der Waals surface area contributed by atoms with Crippen molar-refractivity contribution < 1.29 is 14.3 Å². The van der Waals surface area contributed by atoms with Crippen LogP contribution in [0.5, 0.6) is 0 Å². The summed E-state index contributed by atoms with van der Waals surface area (Å²) in [5.41, 5.74) is 1.85. The van der Waals surface area contributed by atoms with Crippen LogP contribution in [0, 0.1) is 17.8 Å². The molecule has 0 saturated heterocycles. The van der Waals surface area contributed by atoms with Gasteiger partial charge >= 0.3 is 5.97 Å². The van der Waals surface area contributed by atoms with Crippen molar-refractivity contribution in [1.82, 2.24) is 4.98 Å². The minimum absolute atomic E-state index is 0.0778. The molecule has 0 amide bonds. The van der Waals surface area contributed by atoms with Crippen LogP contribution in [0.2, 0.25) is 0 Å². The van der Waals surface area contributed by atoms with Crippen LogP contribution in [0.1, 0.15) is 37.8 Å². The first-order chi connectivity index (χ1) is 12.2. The SMILES string of the molecule is O=C(OCc1csc(-c2ccccc2)n1)C1C[C@H]2CCC[C@H](C1)C2=O. The molecule has 1 aromatic carbocycles. The van der Waals surface area contributed by atoms with Crippen LogP contribution in [0.3, 0.4) is 0 Å². The van der Waals surface area contributed by atoms with Crippen molar-refractivity contribution in [2.45, 2.75) is 38.7 Å². The molecule has 2 saturated carbocycles. The first kappa shape index (κ1) is 16.5. The Morgan fingerprint density at radius 2 is 1.88 bits per heavy atom. The van der Waals surface area contributed by atoms with Crippen LogP contribution < -0.4 is 0 Å². The molecule has 1 aromatic heterocycles. The molecule has 0 spiro atoms. The fraction of sp³-hybridized carbons (Fsp3) is 0.450. The number of ketones is 1. The molecule has 0 unspecified atom stereocenters. The Bertz CT molecular complexity index is 754. The van der Waals surface area contributed by atoms with Crippen LogP contribution in [0.25, 0.3) is 10.6 Å². The summed E-state index contributed by atoms with van der Waals surface area (Å²) in [5, 5.41) is 2.87. The number of rotatable bonds is 4. The molecule has 0 N–H and O–H groups in total. The molecule has 2 aliphatic rings. The first-order valence-corrected chi connectivity index (χ1v) is 9.79. The van der Waals surface area contributed by atoms with Gasteiger partial charge in [0.2, 0.25) is 0 Å². The molecule has 1 heterocycles. The fourth-order valence-corrected chi connectivity index (χ4v) is 4.83. The Hall–Kier alpha value is -2.01. The summed E-state index contributed by atoms with van der Waals surface area (Å²) >= 11 is 1.56. The van der Waals surface area contributed by atoms with Crippen molar-refractivity contribution in [3.8, 4) is 10.6 Å². The number of ether oxygens (including phenoxy) is 1. The Morgan fingerprint density at radius 3 is 2.60 bits per heavy atom. The summed E-state index contributed by atoms with van der Waals surface area (Å²) in [6.45, 7) is 0.210. The number of benzene rings is 1. The van der Waals surface area contributed by atoms with Crippen molar-refractivity contribution >= 4 is 23.1 Å². The maximum Gasteiger partial charge on any atom is 0.309 e. The number of fused-ring (bicyclic) bond motifs is 2. The van der Waals surface area contributed by atoms with E-state index in [1.807, 2.05) is 35.7 Å². The lowest BCUT2D eigenvalue weighted by atomic mass is 9.67. The average Bonchev–Trinajstić information content (AvgIpc) is 3.09. The third kappa shape index (κ3) is 3.52. The van der Waals surface area contributed by atoms with Gasteiger partial charge in [0.1, 0.15) is 17.4 Å². The summed E-state index contributed by atoms with van der Waals surface area (Å²) in [7, 11) is 0. The molecular formula is C20H21NO3S. The number of Topliss-reactive ketones (excluding diaryl/α,β-unsaturated/α-hetero) is 1. The smallest absolute Gasteiger partial charge is 0.309 e. The van der Waals surface area contributed by atoms with E-state index in [9.17, 15) is 9.59 Å². The first-order valence-electron chi connectivity index (χ1n) is 8.91. The summed E-state index contributed by atoms with van der Waals surface area (Å²) in [5.74, 6) is 0.240. The average molecular weight is 355 g/mol. The van der Waals surface area contributed by atoms with Crippen molar-refractivity contribution in [2.75, 3.05) is 0 Å². The fourth-order valence-electron chi connectivity index (χ4n) is 4.02. The van der Waals surface area contributed by atoms with Gasteiger partial charge in [-0.3, -0.25) is 9.59 Å². The molecule has 130 valence electrons. The van der Waals surface area contributed by atoms with Gasteiger partial charge in [-0.1, -0.05) is 36.8 Å². The zero-order valence-corrected chi connectivity index (χ0v) is 14.8. The molecular weight excluding hydrogens is 334 g/mol. The van der Waals surface area contributed by atoms with Crippen LogP contribution in [0.15, 0.2) is 35.7 Å². The Labute approximate surface area is 151 Å². The molecule has 2 bridgehead atoms. The van der Waals surface area contributed by atoms with Gasteiger partial charge in [-0.05, 0) is 25.7 Å². The third-order valence-electron chi connectivity index (χ3n) is 5.32. The number of hydrogen-bond acceptors (Lipinski definition) is 5. The molecule has 2 fully saturated rings. The molecule has 0 radical (unpaired) electrons. The van der Waals surface area contributed by atoms with Crippen LogP contribution >= 0.6 is 11.3 Å². The molecule has 4 rings (SSSR count). The molecule has 5 heteroatoms. The number of esters is 1. The summed E-state index contributed by atoms with van der Waals surface area (Å²) in [4.78, 5) is 29.1. The van der Waals surface area contributed by atoms with Crippen LogP contribution in [-0.4, -0.2) is 16.7 Å². The monoisotopic (exact) mass is 355 g/mol. The second-order valence-corrected chi connectivity index (χ2v) is 7.87. The molecule has 2 aromatic rings. The van der Waals surface area contributed by atoms with Gasteiger partial charge in [-0.25, -0.2) is 4.98 Å². The van der Waals surface area contributed by atoms with Crippen molar-refractivity contribution in [1.29, 1.82) is 0 Å². The van der Waals surface area contributed by atoms with Gasteiger partial charge < -0.3 is 4.74 Å². The Kier molecular flexibility index (Phi) is 4.66. The molecule has 25 heavy (non-hydrogen) atoms. The number of thiazole rings is 1. The summed E-state index contributed by atoms with van der Waals surface area (Å²) in [6, 6.07) is 9.98. The highest BCUT2D eigenvalue weighted by Crippen LogP contribution is 2.40. The maximum absolute atomic E-state index is 12.4. The normalized spacial score (nSPS) is 25.6. The van der Waals surface area contributed by atoms with Gasteiger partial charge in [0.05, 0.1) is 11.6 Å². The Morgan fingerprint density at radius 1 is 1.16 bits per heavy atom. The van der Waals surface area contributed by atoms with E-state index in [0.717, 1.165) is 35.5 Å². The molecule has 0 aliphatic heterocycles. The van der Waals surface area contributed by atoms with Crippen molar-refractivity contribution in [2.24, 2.45) is 17.8 Å². The highest BCUT2D eigenvalue weighted by molar-refractivity contribution is 7.13. The van der Waals surface area contributed by atoms with Crippen LogP contribution in [-0.2, 0) is 20.9 Å². The third-order valence-corrected chi connectivity index (χ3v) is 6.26. The van der Waals surface area contributed by atoms with Gasteiger partial charge in [0, 0.05) is 22.8 Å². The zero-order valence-electron chi connectivity index (χ0n) is 14.0. The lowest BCUT2D eigenvalue weighted by Gasteiger charge is -2.36. The van der Waals surface area contributed by atoms with Gasteiger partial charge in [0.15, 0.2) is 0 Å². The lowest BCUT2D eigenvalue weighted by Crippen LogP contribution is -2.39. The van der Waals surface area contributed by atoms with E-state index in [0.29, 0.717) is 18.6 Å². The van der Waals surface area contributed by atoms with Gasteiger partial charge in [-0.2, -0.15) is 0 Å². The van der Waals surface area contributed by atoms with Crippen molar-refractivity contribution in [3.05, 3.63) is 41.4 Å². The minimum Gasteiger partial charge on any atom is -0.459 e. The second kappa shape index (κ2) is 7.08. The quantitative estimate of drug-likeness (QED) is 0.770. The maximum atomic E-state index is 12.4. The molecule has 2 atom stereocenters. The summed E-state index contributed by atoms with van der Waals surface area (Å²) < 4.78 is 5.51. The predicted octanol–water partition coefficient (Wildman–Crippen LogP) is 4.25.